The number of anilines is 1. The Hall–Kier alpha value is -2.55. The normalized spacial score (nSPS) is 11.4. The van der Waals surface area contributed by atoms with E-state index in [9.17, 15) is 13.2 Å². The minimum Gasteiger partial charge on any atom is -0.302 e. The first kappa shape index (κ1) is 21.2. The summed E-state index contributed by atoms with van der Waals surface area (Å²) >= 11 is 1.39. The first-order valence-electron chi connectivity index (χ1n) is 9.14. The molecule has 0 saturated carbocycles. The monoisotopic (exact) mass is 429 g/mol. The van der Waals surface area contributed by atoms with E-state index in [4.69, 9.17) is 0 Å². The van der Waals surface area contributed by atoms with E-state index in [-0.39, 0.29) is 17.2 Å². The van der Waals surface area contributed by atoms with E-state index in [1.807, 2.05) is 11.4 Å². The largest absolute Gasteiger partial charge is 0.302 e. The van der Waals surface area contributed by atoms with Gasteiger partial charge in [-0.3, -0.25) is 4.79 Å². The highest BCUT2D eigenvalue weighted by Gasteiger charge is 2.12. The standard InChI is InChI=1S/C21H23N3O3S2/c1-14-4-8-17(12-15(14)2)19-13-28-21(23-19)24-20(25)11-7-16-5-9-18(10-6-16)29(26,27)22-3/h4-6,8-10,12-13,22H,7,11H2,1-3H3,(H,23,24,25). The molecule has 0 atom stereocenters. The minimum absolute atomic E-state index is 0.127. The van der Waals surface area contributed by atoms with Gasteiger partial charge in [0.15, 0.2) is 5.13 Å². The maximum atomic E-state index is 12.3. The number of carbonyl (C=O) groups excluding carboxylic acids is 1. The maximum Gasteiger partial charge on any atom is 0.240 e. The molecule has 0 bridgehead atoms. The fourth-order valence-electron chi connectivity index (χ4n) is 2.76. The van der Waals surface area contributed by atoms with Crippen LogP contribution in [-0.4, -0.2) is 26.4 Å². The zero-order valence-corrected chi connectivity index (χ0v) is 18.2. The lowest BCUT2D eigenvalue weighted by molar-refractivity contribution is -0.116. The Labute approximate surface area is 175 Å². The number of aromatic nitrogens is 1. The number of rotatable bonds is 7. The van der Waals surface area contributed by atoms with Crippen LogP contribution >= 0.6 is 11.3 Å². The van der Waals surface area contributed by atoms with Crippen molar-refractivity contribution in [2.24, 2.45) is 0 Å². The van der Waals surface area contributed by atoms with Crippen LogP contribution in [0, 0.1) is 13.8 Å². The number of carbonyl (C=O) groups is 1. The van der Waals surface area contributed by atoms with Crippen molar-refractivity contribution in [1.82, 2.24) is 9.71 Å². The third-order valence-electron chi connectivity index (χ3n) is 4.70. The number of amides is 1. The molecule has 2 aromatic carbocycles. The summed E-state index contributed by atoms with van der Waals surface area (Å²) in [4.78, 5) is 17.0. The van der Waals surface area contributed by atoms with Crippen molar-refractivity contribution in [3.05, 3.63) is 64.5 Å². The summed E-state index contributed by atoms with van der Waals surface area (Å²) in [7, 11) is -2.08. The van der Waals surface area contributed by atoms with Crippen LogP contribution in [-0.2, 0) is 21.2 Å². The molecule has 29 heavy (non-hydrogen) atoms. The molecule has 0 aliphatic heterocycles. The van der Waals surface area contributed by atoms with Gasteiger partial charge in [0, 0.05) is 17.4 Å². The van der Waals surface area contributed by atoms with Gasteiger partial charge >= 0.3 is 0 Å². The van der Waals surface area contributed by atoms with Crippen molar-refractivity contribution in [3.8, 4) is 11.3 Å². The molecule has 0 aliphatic rings. The SMILES string of the molecule is CNS(=O)(=O)c1ccc(CCC(=O)Nc2nc(-c3ccc(C)c(C)c3)cs2)cc1. The second kappa shape index (κ2) is 8.86. The highest BCUT2D eigenvalue weighted by molar-refractivity contribution is 7.89. The lowest BCUT2D eigenvalue weighted by atomic mass is 10.1. The second-order valence-corrected chi connectivity index (χ2v) is 9.48. The fourth-order valence-corrected chi connectivity index (χ4v) is 4.22. The van der Waals surface area contributed by atoms with Gasteiger partial charge in [0.2, 0.25) is 15.9 Å². The van der Waals surface area contributed by atoms with Crippen molar-refractivity contribution in [3.63, 3.8) is 0 Å². The zero-order valence-electron chi connectivity index (χ0n) is 16.5. The molecule has 3 aromatic rings. The van der Waals surface area contributed by atoms with Crippen LogP contribution in [0.15, 0.2) is 52.7 Å². The molecular formula is C21H23N3O3S2. The Kier molecular flexibility index (Phi) is 6.46. The molecule has 0 saturated heterocycles. The van der Waals surface area contributed by atoms with Crippen molar-refractivity contribution in [1.29, 1.82) is 0 Å². The number of benzene rings is 2. The predicted molar refractivity (Wildman–Crippen MR) is 117 cm³/mol. The molecule has 0 fully saturated rings. The average molecular weight is 430 g/mol. The van der Waals surface area contributed by atoms with E-state index in [1.165, 1.54) is 41.6 Å². The van der Waals surface area contributed by atoms with Gasteiger partial charge in [0.1, 0.15) is 0 Å². The summed E-state index contributed by atoms with van der Waals surface area (Å²) in [5.41, 5.74) is 5.20. The Balaban J connectivity index is 1.57. The zero-order chi connectivity index (χ0) is 21.0. The number of hydrogen-bond donors (Lipinski definition) is 2. The Morgan fingerprint density at radius 2 is 1.79 bits per heavy atom. The second-order valence-electron chi connectivity index (χ2n) is 6.74. The first-order valence-corrected chi connectivity index (χ1v) is 11.5. The number of thiazole rings is 1. The van der Waals surface area contributed by atoms with E-state index < -0.39 is 10.0 Å². The van der Waals surface area contributed by atoms with Crippen LogP contribution in [0.1, 0.15) is 23.1 Å². The lowest BCUT2D eigenvalue weighted by Gasteiger charge is -2.05. The van der Waals surface area contributed by atoms with Gasteiger partial charge in [-0.1, -0.05) is 24.3 Å². The molecule has 0 unspecified atom stereocenters. The van der Waals surface area contributed by atoms with Gasteiger partial charge in [0.25, 0.3) is 0 Å². The van der Waals surface area contributed by atoms with Crippen LogP contribution < -0.4 is 10.0 Å². The summed E-state index contributed by atoms with van der Waals surface area (Å²) < 4.78 is 25.8. The van der Waals surface area contributed by atoms with Crippen LogP contribution in [0.5, 0.6) is 0 Å². The maximum absolute atomic E-state index is 12.3. The number of sulfonamides is 1. The van der Waals surface area contributed by atoms with Gasteiger partial charge in [-0.25, -0.2) is 18.1 Å². The first-order chi connectivity index (χ1) is 13.8. The van der Waals surface area contributed by atoms with E-state index in [2.05, 4.69) is 41.0 Å². The lowest BCUT2D eigenvalue weighted by Crippen LogP contribution is -2.18. The van der Waals surface area contributed by atoms with Crippen molar-refractivity contribution in [2.45, 2.75) is 31.6 Å². The van der Waals surface area contributed by atoms with E-state index in [0.717, 1.165) is 16.8 Å². The van der Waals surface area contributed by atoms with Gasteiger partial charge in [0.05, 0.1) is 10.6 Å². The highest BCUT2D eigenvalue weighted by Crippen LogP contribution is 2.26. The number of nitrogens with one attached hydrogen (secondary N) is 2. The molecule has 0 spiro atoms. The molecule has 1 aromatic heterocycles. The fraction of sp³-hybridized carbons (Fsp3) is 0.238. The van der Waals surface area contributed by atoms with Gasteiger partial charge in [-0.2, -0.15) is 0 Å². The van der Waals surface area contributed by atoms with Crippen LogP contribution in [0.25, 0.3) is 11.3 Å². The molecule has 152 valence electrons. The summed E-state index contributed by atoms with van der Waals surface area (Å²) in [6.45, 7) is 4.13. The predicted octanol–water partition coefficient (Wildman–Crippen LogP) is 3.91. The molecule has 1 amide bonds. The topological polar surface area (TPSA) is 88.2 Å². The third kappa shape index (κ3) is 5.29. The Morgan fingerprint density at radius 1 is 1.07 bits per heavy atom. The van der Waals surface area contributed by atoms with Crippen molar-refractivity contribution in [2.75, 3.05) is 12.4 Å². The summed E-state index contributed by atoms with van der Waals surface area (Å²) in [5.74, 6) is -0.127. The molecule has 0 radical (unpaired) electrons. The summed E-state index contributed by atoms with van der Waals surface area (Å²) in [6.07, 6.45) is 0.803. The van der Waals surface area contributed by atoms with Crippen LogP contribution in [0.4, 0.5) is 5.13 Å². The molecule has 1 heterocycles. The number of aryl methyl sites for hydroxylation is 3. The van der Waals surface area contributed by atoms with E-state index in [1.54, 1.807) is 12.1 Å². The highest BCUT2D eigenvalue weighted by atomic mass is 32.2. The van der Waals surface area contributed by atoms with Crippen LogP contribution in [0.2, 0.25) is 0 Å². The minimum atomic E-state index is -3.45. The molecule has 0 aliphatic carbocycles. The average Bonchev–Trinajstić information content (AvgIpc) is 3.17. The van der Waals surface area contributed by atoms with E-state index >= 15 is 0 Å². The third-order valence-corrected chi connectivity index (χ3v) is 6.88. The van der Waals surface area contributed by atoms with Crippen LogP contribution in [0.3, 0.4) is 0 Å². The molecule has 6 nitrogen and oxygen atoms in total. The molecule has 8 heteroatoms. The molecule has 3 rings (SSSR count). The van der Waals surface area contributed by atoms with Crippen molar-refractivity contribution < 1.29 is 13.2 Å². The quantitative estimate of drug-likeness (QED) is 0.596. The van der Waals surface area contributed by atoms with Gasteiger partial charge in [-0.05, 0) is 62.2 Å². The van der Waals surface area contributed by atoms with Gasteiger partial charge < -0.3 is 5.32 Å². The Bertz CT molecular complexity index is 1120. The molecular weight excluding hydrogens is 406 g/mol. The summed E-state index contributed by atoms with van der Waals surface area (Å²) in [5, 5.41) is 5.34. The van der Waals surface area contributed by atoms with Gasteiger partial charge in [-0.15, -0.1) is 11.3 Å². The Morgan fingerprint density at radius 3 is 2.45 bits per heavy atom. The van der Waals surface area contributed by atoms with Crippen molar-refractivity contribution >= 4 is 32.4 Å². The van der Waals surface area contributed by atoms with E-state index in [0.29, 0.717) is 11.6 Å². The smallest absolute Gasteiger partial charge is 0.240 e. The number of nitrogens with zero attached hydrogens (tertiary/aromatic N) is 1. The molecule has 2 N–H and O–H groups in total. The number of hydrogen-bond acceptors (Lipinski definition) is 5. The summed E-state index contributed by atoms with van der Waals surface area (Å²) in [6, 6.07) is 12.7.